The number of anilines is 1. The lowest BCUT2D eigenvalue weighted by Crippen LogP contribution is -2.19. The van der Waals surface area contributed by atoms with Gasteiger partial charge in [0.15, 0.2) is 0 Å². The van der Waals surface area contributed by atoms with E-state index in [1.165, 1.54) is 30.5 Å². The van der Waals surface area contributed by atoms with Crippen molar-refractivity contribution in [3.63, 3.8) is 0 Å². The van der Waals surface area contributed by atoms with Gasteiger partial charge in [-0.1, -0.05) is 36.4 Å². The number of hydrogen-bond donors (Lipinski definition) is 1. The van der Waals surface area contributed by atoms with E-state index < -0.39 is 6.11 Å². The molecular weight excluding hydrogens is 412 g/mol. The summed E-state index contributed by atoms with van der Waals surface area (Å²) in [5, 5.41) is 2.75. The summed E-state index contributed by atoms with van der Waals surface area (Å²) in [6, 6.07) is 20.9. The van der Waals surface area contributed by atoms with Crippen molar-refractivity contribution in [2.75, 3.05) is 5.32 Å². The van der Waals surface area contributed by atoms with Crippen LogP contribution in [0.1, 0.15) is 17.3 Å². The monoisotopic (exact) mass is 431 g/mol. The van der Waals surface area contributed by atoms with Crippen molar-refractivity contribution in [1.82, 2.24) is 9.97 Å². The second-order valence-electron chi connectivity index (χ2n) is 7.12. The van der Waals surface area contributed by atoms with Gasteiger partial charge in [-0.2, -0.15) is 8.78 Å². The highest BCUT2D eigenvalue weighted by molar-refractivity contribution is 6.05. The third kappa shape index (κ3) is 5.13. The Kier molecular flexibility index (Phi) is 5.89. The summed E-state index contributed by atoms with van der Waals surface area (Å²) in [4.78, 5) is 21.6. The zero-order chi connectivity index (χ0) is 22.6. The topological polar surface area (TPSA) is 64.1 Å². The molecule has 0 aliphatic carbocycles. The Bertz CT molecular complexity index is 1210. The zero-order valence-corrected chi connectivity index (χ0v) is 17.1. The Hall–Kier alpha value is -4.13. The number of benzene rings is 2. The molecule has 160 valence electrons. The van der Waals surface area contributed by atoms with Crippen LogP contribution in [0.5, 0.6) is 5.75 Å². The molecule has 2 aromatic carbocycles. The summed E-state index contributed by atoms with van der Waals surface area (Å²) in [5.41, 5.74) is 4.04. The third-order valence-electron chi connectivity index (χ3n) is 4.58. The Labute approximate surface area is 183 Å². The number of hydrogen-bond acceptors (Lipinski definition) is 4. The van der Waals surface area contributed by atoms with Crippen molar-refractivity contribution in [2.24, 2.45) is 0 Å². The molecule has 2 heterocycles. The molecule has 0 bridgehead atoms. The molecule has 4 aromatic rings. The van der Waals surface area contributed by atoms with E-state index in [-0.39, 0.29) is 11.7 Å². The van der Waals surface area contributed by atoms with Crippen LogP contribution < -0.4 is 10.1 Å². The van der Waals surface area contributed by atoms with Crippen molar-refractivity contribution in [3.05, 3.63) is 97.0 Å². The average Bonchev–Trinajstić information content (AvgIpc) is 2.80. The van der Waals surface area contributed by atoms with Gasteiger partial charge in [0, 0.05) is 47.9 Å². The summed E-state index contributed by atoms with van der Waals surface area (Å²) in [5.74, 6) is -0.375. The lowest BCUT2D eigenvalue weighted by atomic mass is 9.99. The minimum Gasteiger partial charge on any atom is -0.433 e. The third-order valence-corrected chi connectivity index (χ3v) is 4.58. The maximum absolute atomic E-state index is 13.0. The Morgan fingerprint density at radius 2 is 1.66 bits per heavy atom. The molecule has 5 nitrogen and oxygen atoms in total. The molecule has 4 rings (SSSR count). The van der Waals surface area contributed by atoms with Crippen molar-refractivity contribution in [1.29, 1.82) is 0 Å². The quantitative estimate of drug-likeness (QED) is 0.403. The van der Waals surface area contributed by atoms with Gasteiger partial charge < -0.3 is 10.1 Å². The van der Waals surface area contributed by atoms with Gasteiger partial charge in [0.2, 0.25) is 0 Å². The highest BCUT2D eigenvalue weighted by Crippen LogP contribution is 2.31. The van der Waals surface area contributed by atoms with E-state index in [0.717, 1.165) is 22.4 Å². The largest absolute Gasteiger partial charge is 0.433 e. The minimum atomic E-state index is -3.28. The Morgan fingerprint density at radius 1 is 0.938 bits per heavy atom. The van der Waals surface area contributed by atoms with E-state index in [2.05, 4.69) is 20.0 Å². The number of nitrogens with zero attached hydrogens (tertiary/aromatic N) is 2. The molecule has 0 aliphatic heterocycles. The molecule has 32 heavy (non-hydrogen) atoms. The Morgan fingerprint density at radius 3 is 2.31 bits per heavy atom. The fourth-order valence-corrected chi connectivity index (χ4v) is 3.17. The number of aromatic nitrogens is 2. The van der Waals surface area contributed by atoms with Crippen LogP contribution in [0.3, 0.4) is 0 Å². The van der Waals surface area contributed by atoms with E-state index in [1.54, 1.807) is 18.5 Å². The predicted molar refractivity (Wildman–Crippen MR) is 119 cm³/mol. The van der Waals surface area contributed by atoms with E-state index in [9.17, 15) is 13.6 Å². The molecule has 0 atom stereocenters. The second-order valence-corrected chi connectivity index (χ2v) is 7.12. The van der Waals surface area contributed by atoms with Crippen molar-refractivity contribution in [2.45, 2.75) is 13.0 Å². The summed E-state index contributed by atoms with van der Waals surface area (Å²) in [7, 11) is 0. The summed E-state index contributed by atoms with van der Waals surface area (Å²) in [6.07, 6.45) is 1.62. The van der Waals surface area contributed by atoms with Gasteiger partial charge in [0.05, 0.1) is 11.3 Å². The van der Waals surface area contributed by atoms with Gasteiger partial charge in [-0.25, -0.2) is 0 Å². The van der Waals surface area contributed by atoms with Crippen LogP contribution in [0.2, 0.25) is 0 Å². The van der Waals surface area contributed by atoms with Crippen LogP contribution in [0.4, 0.5) is 14.5 Å². The molecule has 1 N–H and O–H groups in total. The minimum absolute atomic E-state index is 0.00300. The SMILES string of the molecule is CC(F)(F)Oc1ccc(NC(=O)c2cnc(-c3ccccc3)c(-c3cccnc3)c2)cc1. The van der Waals surface area contributed by atoms with Crippen LogP contribution in [0.15, 0.2) is 91.4 Å². The lowest BCUT2D eigenvalue weighted by molar-refractivity contribution is -0.158. The first kappa shape index (κ1) is 21.1. The first-order valence-corrected chi connectivity index (χ1v) is 9.83. The standard InChI is InChI=1S/C25H19F2N3O2/c1-25(26,27)32-21-11-9-20(10-12-21)30-24(31)19-14-22(18-8-5-13-28-15-18)23(29-16-19)17-6-3-2-4-7-17/h2-16H,1H3,(H,30,31). The fourth-order valence-electron chi connectivity index (χ4n) is 3.17. The number of carbonyl (C=O) groups is 1. The highest BCUT2D eigenvalue weighted by atomic mass is 19.3. The maximum atomic E-state index is 13.0. The van der Waals surface area contributed by atoms with Gasteiger partial charge in [0.1, 0.15) is 5.75 Å². The van der Waals surface area contributed by atoms with Gasteiger partial charge in [-0.3, -0.25) is 14.8 Å². The molecule has 0 aliphatic rings. The van der Waals surface area contributed by atoms with E-state index in [1.807, 2.05) is 42.5 Å². The molecule has 2 aromatic heterocycles. The number of rotatable bonds is 6. The van der Waals surface area contributed by atoms with Crippen molar-refractivity contribution in [3.8, 4) is 28.1 Å². The first-order chi connectivity index (χ1) is 15.4. The Balaban J connectivity index is 1.62. The number of alkyl halides is 2. The van der Waals surface area contributed by atoms with Crippen molar-refractivity contribution < 1.29 is 18.3 Å². The zero-order valence-electron chi connectivity index (χ0n) is 17.1. The molecule has 7 heteroatoms. The summed E-state index contributed by atoms with van der Waals surface area (Å²) >= 11 is 0. The van der Waals surface area contributed by atoms with E-state index >= 15 is 0 Å². The van der Waals surface area contributed by atoms with Crippen LogP contribution in [-0.4, -0.2) is 22.0 Å². The maximum Gasteiger partial charge on any atom is 0.394 e. The molecule has 0 fully saturated rings. The summed E-state index contributed by atoms with van der Waals surface area (Å²) in [6.45, 7) is 0.661. The first-order valence-electron chi connectivity index (χ1n) is 9.83. The molecular formula is C25H19F2N3O2. The van der Waals surface area contributed by atoms with E-state index in [4.69, 9.17) is 0 Å². The smallest absolute Gasteiger partial charge is 0.394 e. The van der Waals surface area contributed by atoms with Gasteiger partial charge in [0.25, 0.3) is 5.91 Å². The van der Waals surface area contributed by atoms with Crippen LogP contribution in [0, 0.1) is 0 Å². The number of amides is 1. The predicted octanol–water partition coefficient (Wildman–Crippen LogP) is 6.05. The molecule has 0 radical (unpaired) electrons. The number of pyridine rings is 2. The lowest BCUT2D eigenvalue weighted by Gasteiger charge is -2.14. The fraction of sp³-hybridized carbons (Fsp3) is 0.0800. The van der Waals surface area contributed by atoms with E-state index in [0.29, 0.717) is 18.2 Å². The molecule has 0 saturated heterocycles. The molecule has 0 unspecified atom stereocenters. The molecule has 1 amide bonds. The van der Waals surface area contributed by atoms with Gasteiger partial charge >= 0.3 is 6.11 Å². The molecule has 0 spiro atoms. The van der Waals surface area contributed by atoms with Crippen LogP contribution in [0.25, 0.3) is 22.4 Å². The number of ether oxygens (including phenoxy) is 1. The van der Waals surface area contributed by atoms with Crippen LogP contribution >= 0.6 is 0 Å². The molecule has 0 saturated carbocycles. The number of carbonyl (C=O) groups excluding carboxylic acids is 1. The summed E-state index contributed by atoms with van der Waals surface area (Å²) < 4.78 is 30.4. The number of nitrogens with one attached hydrogen (secondary N) is 1. The van der Waals surface area contributed by atoms with Crippen LogP contribution in [-0.2, 0) is 0 Å². The van der Waals surface area contributed by atoms with Gasteiger partial charge in [-0.15, -0.1) is 0 Å². The van der Waals surface area contributed by atoms with Gasteiger partial charge in [-0.05, 0) is 36.4 Å². The second kappa shape index (κ2) is 8.93. The average molecular weight is 431 g/mol. The number of halogens is 2. The normalized spacial score (nSPS) is 11.1. The van der Waals surface area contributed by atoms with Crippen molar-refractivity contribution >= 4 is 11.6 Å². The highest BCUT2D eigenvalue weighted by Gasteiger charge is 2.23.